The Morgan fingerprint density at radius 2 is 1.92 bits per heavy atom. The highest BCUT2D eigenvalue weighted by Gasteiger charge is 2.43. The minimum Gasteiger partial charge on any atom is -0.465 e. The van der Waals surface area contributed by atoms with Crippen molar-refractivity contribution in [2.24, 2.45) is 0 Å². The molecule has 0 aliphatic heterocycles. The fraction of sp³-hybridized carbons (Fsp3) is 0.400. The molecule has 1 heterocycles. The fourth-order valence-electron chi connectivity index (χ4n) is 3.75. The van der Waals surface area contributed by atoms with Gasteiger partial charge in [-0.25, -0.2) is 14.8 Å². The summed E-state index contributed by atoms with van der Waals surface area (Å²) in [5.41, 5.74) is 1.98. The molecule has 1 aromatic carbocycles. The average Bonchev–Trinajstić information content (AvgIpc) is 2.68. The molecular weight excluding hydrogens is 328 g/mol. The normalized spacial score (nSPS) is 15.8. The van der Waals surface area contributed by atoms with Crippen LogP contribution in [0.3, 0.4) is 0 Å². The van der Waals surface area contributed by atoms with Crippen LogP contribution in [0, 0.1) is 18.3 Å². The fourth-order valence-corrected chi connectivity index (χ4v) is 3.75. The smallest absolute Gasteiger partial charge is 0.408 e. The number of benzene rings is 1. The number of rotatable bonds is 4. The third kappa shape index (κ3) is 3.52. The van der Waals surface area contributed by atoms with Crippen LogP contribution in [0.4, 0.5) is 4.79 Å². The summed E-state index contributed by atoms with van der Waals surface area (Å²) in [7, 11) is 0. The summed E-state index contributed by atoms with van der Waals surface area (Å²) >= 11 is 0. The molecule has 0 spiro atoms. The van der Waals surface area contributed by atoms with Gasteiger partial charge in [-0.2, -0.15) is 5.26 Å². The monoisotopic (exact) mass is 350 g/mol. The molecule has 1 saturated carbocycles. The summed E-state index contributed by atoms with van der Waals surface area (Å²) in [4.78, 5) is 22.0. The number of aromatic nitrogens is 2. The van der Waals surface area contributed by atoms with Crippen LogP contribution in [-0.4, -0.2) is 26.1 Å². The molecule has 1 N–H and O–H groups in total. The standard InChI is InChI=1S/C20H22N4O2/c1-15-5-7-16(8-6-15)14-24(19(25)26)20(10-3-2-4-11-20)17-9-12-22-18(13-21)23-17/h5-9,12H,2-4,10-11,14H2,1H3,(H,25,26). The maximum absolute atomic E-state index is 12.2. The van der Waals surface area contributed by atoms with E-state index in [4.69, 9.17) is 5.26 Å². The molecule has 6 heteroatoms. The number of hydrogen-bond donors (Lipinski definition) is 1. The van der Waals surface area contributed by atoms with Crippen LogP contribution in [0.5, 0.6) is 0 Å². The molecular formula is C20H22N4O2. The van der Waals surface area contributed by atoms with Gasteiger partial charge in [-0.05, 0) is 31.4 Å². The van der Waals surface area contributed by atoms with E-state index in [1.807, 2.05) is 37.3 Å². The highest BCUT2D eigenvalue weighted by Crippen LogP contribution is 2.42. The van der Waals surface area contributed by atoms with E-state index in [9.17, 15) is 9.90 Å². The third-order valence-electron chi connectivity index (χ3n) is 5.12. The SMILES string of the molecule is Cc1ccc(CN(C(=O)O)C2(c3ccnc(C#N)n3)CCCCC2)cc1. The maximum atomic E-state index is 12.2. The summed E-state index contributed by atoms with van der Waals surface area (Å²) in [6.45, 7) is 2.30. The second kappa shape index (κ2) is 7.52. The molecule has 0 bridgehead atoms. The van der Waals surface area contributed by atoms with Crippen molar-refractivity contribution in [3.63, 3.8) is 0 Å². The van der Waals surface area contributed by atoms with Gasteiger partial charge in [0.2, 0.25) is 5.82 Å². The van der Waals surface area contributed by atoms with Gasteiger partial charge in [0.05, 0.1) is 11.2 Å². The van der Waals surface area contributed by atoms with Crippen LogP contribution >= 0.6 is 0 Å². The van der Waals surface area contributed by atoms with Gasteiger partial charge in [0, 0.05) is 12.7 Å². The number of carbonyl (C=O) groups is 1. The van der Waals surface area contributed by atoms with Crippen molar-refractivity contribution >= 4 is 6.09 Å². The zero-order valence-corrected chi connectivity index (χ0v) is 14.9. The summed E-state index contributed by atoms with van der Waals surface area (Å²) in [5, 5.41) is 19.2. The van der Waals surface area contributed by atoms with Crippen LogP contribution in [0.25, 0.3) is 0 Å². The van der Waals surface area contributed by atoms with Crippen molar-refractivity contribution < 1.29 is 9.90 Å². The lowest BCUT2D eigenvalue weighted by atomic mass is 9.77. The zero-order valence-electron chi connectivity index (χ0n) is 14.9. The van der Waals surface area contributed by atoms with Gasteiger partial charge in [-0.1, -0.05) is 49.1 Å². The molecule has 26 heavy (non-hydrogen) atoms. The molecule has 6 nitrogen and oxygen atoms in total. The molecule has 1 amide bonds. The first-order chi connectivity index (χ1) is 12.5. The lowest BCUT2D eigenvalue weighted by Gasteiger charge is -2.44. The Bertz CT molecular complexity index is 820. The molecule has 1 aromatic heterocycles. The summed E-state index contributed by atoms with van der Waals surface area (Å²) < 4.78 is 0. The second-order valence-corrected chi connectivity index (χ2v) is 6.82. The van der Waals surface area contributed by atoms with Crippen LogP contribution in [0.15, 0.2) is 36.5 Å². The summed E-state index contributed by atoms with van der Waals surface area (Å²) in [6.07, 6.45) is 4.93. The number of amides is 1. The minimum absolute atomic E-state index is 0.0770. The number of aryl methyl sites for hydroxylation is 1. The molecule has 0 radical (unpaired) electrons. The molecule has 0 atom stereocenters. The minimum atomic E-state index is -0.968. The molecule has 1 aliphatic carbocycles. The highest BCUT2D eigenvalue weighted by atomic mass is 16.4. The van der Waals surface area contributed by atoms with E-state index in [0.717, 1.165) is 30.4 Å². The Balaban J connectivity index is 2.04. The Morgan fingerprint density at radius 1 is 1.23 bits per heavy atom. The van der Waals surface area contributed by atoms with E-state index < -0.39 is 11.6 Å². The van der Waals surface area contributed by atoms with Crippen molar-refractivity contribution in [3.8, 4) is 6.07 Å². The zero-order chi connectivity index (χ0) is 18.6. The molecule has 1 aliphatic rings. The van der Waals surface area contributed by atoms with Crippen LogP contribution in [-0.2, 0) is 12.1 Å². The van der Waals surface area contributed by atoms with Crippen molar-refractivity contribution in [1.82, 2.24) is 14.9 Å². The predicted octanol–water partition coefficient (Wildman–Crippen LogP) is 4.00. The van der Waals surface area contributed by atoms with Gasteiger partial charge in [-0.15, -0.1) is 0 Å². The van der Waals surface area contributed by atoms with Crippen LogP contribution in [0.2, 0.25) is 0 Å². The first-order valence-corrected chi connectivity index (χ1v) is 8.85. The van der Waals surface area contributed by atoms with E-state index in [2.05, 4.69) is 9.97 Å². The Hall–Kier alpha value is -2.94. The quantitative estimate of drug-likeness (QED) is 0.900. The van der Waals surface area contributed by atoms with Crippen molar-refractivity contribution in [2.45, 2.75) is 51.1 Å². The van der Waals surface area contributed by atoms with Crippen LogP contribution < -0.4 is 0 Å². The van der Waals surface area contributed by atoms with Gasteiger partial charge in [0.25, 0.3) is 0 Å². The topological polar surface area (TPSA) is 90.1 Å². The Kier molecular flexibility index (Phi) is 5.17. The number of nitriles is 1. The van der Waals surface area contributed by atoms with Crippen molar-refractivity contribution in [1.29, 1.82) is 5.26 Å². The number of hydrogen-bond acceptors (Lipinski definition) is 4. The number of nitrogens with zero attached hydrogens (tertiary/aromatic N) is 4. The largest absolute Gasteiger partial charge is 0.465 e. The van der Waals surface area contributed by atoms with Gasteiger partial charge >= 0.3 is 6.09 Å². The third-order valence-corrected chi connectivity index (χ3v) is 5.12. The van der Waals surface area contributed by atoms with E-state index in [1.165, 1.54) is 4.90 Å². The number of carboxylic acid groups (broad SMARTS) is 1. The summed E-state index contributed by atoms with van der Waals surface area (Å²) in [5.74, 6) is 0.0770. The van der Waals surface area contributed by atoms with E-state index in [1.54, 1.807) is 12.3 Å². The Labute approximate surface area is 153 Å². The van der Waals surface area contributed by atoms with E-state index in [-0.39, 0.29) is 5.82 Å². The molecule has 134 valence electrons. The van der Waals surface area contributed by atoms with Gasteiger partial charge in [0.15, 0.2) is 0 Å². The van der Waals surface area contributed by atoms with E-state index >= 15 is 0 Å². The highest BCUT2D eigenvalue weighted by molar-refractivity contribution is 5.66. The average molecular weight is 350 g/mol. The van der Waals surface area contributed by atoms with Crippen molar-refractivity contribution in [2.75, 3.05) is 0 Å². The van der Waals surface area contributed by atoms with Crippen LogP contribution in [0.1, 0.15) is 54.7 Å². The second-order valence-electron chi connectivity index (χ2n) is 6.82. The summed E-state index contributed by atoms with van der Waals surface area (Å²) in [6, 6.07) is 11.6. The van der Waals surface area contributed by atoms with Gasteiger partial charge in [-0.3, -0.25) is 4.90 Å². The molecule has 0 saturated heterocycles. The van der Waals surface area contributed by atoms with Gasteiger partial charge in [0.1, 0.15) is 6.07 Å². The predicted molar refractivity (Wildman–Crippen MR) is 96.3 cm³/mol. The lowest BCUT2D eigenvalue weighted by Crippen LogP contribution is -2.50. The first kappa shape index (κ1) is 17.9. The van der Waals surface area contributed by atoms with Crippen molar-refractivity contribution in [3.05, 3.63) is 59.2 Å². The molecule has 1 fully saturated rings. The molecule has 3 rings (SSSR count). The molecule has 0 unspecified atom stereocenters. The Morgan fingerprint density at radius 3 is 2.54 bits per heavy atom. The maximum Gasteiger partial charge on any atom is 0.408 e. The first-order valence-electron chi connectivity index (χ1n) is 8.85. The van der Waals surface area contributed by atoms with Gasteiger partial charge < -0.3 is 5.11 Å². The van der Waals surface area contributed by atoms with E-state index in [0.29, 0.717) is 25.1 Å². The lowest BCUT2D eigenvalue weighted by molar-refractivity contribution is 0.0384. The molecule has 2 aromatic rings.